The number of nitrogens with zero attached hydrogens (tertiary/aromatic N) is 5. The average Bonchev–Trinajstić information content (AvgIpc) is 3.51. The molecule has 3 heterocycles. The zero-order valence-corrected chi connectivity index (χ0v) is 17.5. The third-order valence-electron chi connectivity index (χ3n) is 5.66. The van der Waals surface area contributed by atoms with Gasteiger partial charge in [0.2, 0.25) is 0 Å². The molecule has 1 aromatic heterocycles. The van der Waals surface area contributed by atoms with Gasteiger partial charge in [-0.15, -0.1) is 8.78 Å². The van der Waals surface area contributed by atoms with Gasteiger partial charge in [0, 0.05) is 6.21 Å². The summed E-state index contributed by atoms with van der Waals surface area (Å²) in [5, 5.41) is 13.0. The summed E-state index contributed by atoms with van der Waals surface area (Å²) in [6, 6.07) is 7.28. The summed E-state index contributed by atoms with van der Waals surface area (Å²) in [6.45, 7) is 0. The molecule has 0 spiro atoms. The molecule has 7 nitrogen and oxygen atoms in total. The van der Waals surface area contributed by atoms with Crippen LogP contribution in [-0.4, -0.2) is 33.5 Å². The molecule has 2 aliphatic heterocycles. The summed E-state index contributed by atoms with van der Waals surface area (Å²) in [4.78, 5) is 7.88. The summed E-state index contributed by atoms with van der Waals surface area (Å²) in [7, 11) is 0. The van der Waals surface area contributed by atoms with Crippen LogP contribution >= 0.6 is 11.6 Å². The minimum absolute atomic E-state index is 0.163. The van der Waals surface area contributed by atoms with Crippen LogP contribution in [0.1, 0.15) is 29.2 Å². The number of aromatic nitrogens is 3. The molecule has 0 N–H and O–H groups in total. The van der Waals surface area contributed by atoms with Crippen LogP contribution in [0.2, 0.25) is 5.02 Å². The lowest BCUT2D eigenvalue weighted by Crippen LogP contribution is -2.42. The first-order valence-electron chi connectivity index (χ1n) is 9.63. The molecule has 2 atom stereocenters. The molecule has 0 fully saturated rings. The Labute approximate surface area is 193 Å². The lowest BCUT2D eigenvalue weighted by Gasteiger charge is -2.30. The first kappa shape index (κ1) is 22.1. The predicted molar refractivity (Wildman–Crippen MR) is 107 cm³/mol. The Bertz CT molecular complexity index is 1350. The largest absolute Gasteiger partial charge is 0.586 e. The minimum atomic E-state index is -4.84. The summed E-state index contributed by atoms with van der Waals surface area (Å²) >= 11 is 5.95. The van der Waals surface area contributed by atoms with E-state index in [2.05, 4.69) is 24.5 Å². The molecule has 0 amide bonds. The van der Waals surface area contributed by atoms with Gasteiger partial charge in [0.15, 0.2) is 11.5 Å². The van der Waals surface area contributed by atoms with Crippen LogP contribution in [0, 0.1) is 11.3 Å². The Kier molecular flexibility index (Phi) is 4.80. The molecular weight excluding hydrogens is 485 g/mol. The van der Waals surface area contributed by atoms with Gasteiger partial charge in [0.25, 0.3) is 0 Å². The van der Waals surface area contributed by atoms with Crippen molar-refractivity contribution < 1.29 is 31.4 Å². The summed E-state index contributed by atoms with van der Waals surface area (Å²) < 4.78 is 80.1. The lowest BCUT2D eigenvalue weighted by atomic mass is 9.76. The van der Waals surface area contributed by atoms with Gasteiger partial charge in [0.1, 0.15) is 24.1 Å². The van der Waals surface area contributed by atoms with Crippen molar-refractivity contribution >= 4 is 17.8 Å². The number of rotatable bonds is 3. The van der Waals surface area contributed by atoms with E-state index in [9.17, 15) is 27.2 Å². The molecular formula is C21H11ClF5N5O2. The zero-order valence-electron chi connectivity index (χ0n) is 16.7. The molecule has 0 saturated carbocycles. The lowest BCUT2D eigenvalue weighted by molar-refractivity contribution is -0.286. The van der Waals surface area contributed by atoms with Crippen LogP contribution in [-0.2, 0) is 5.41 Å². The number of ether oxygens (including phenoxy) is 2. The molecule has 3 aromatic rings. The summed E-state index contributed by atoms with van der Waals surface area (Å²) in [5.74, 6) is -1.14. The number of fused-ring (bicyclic) bond motifs is 1. The number of nitriles is 1. The fraction of sp³-hybridized carbons (Fsp3) is 0.238. The molecule has 0 radical (unpaired) electrons. The maximum Gasteiger partial charge on any atom is 0.586 e. The van der Waals surface area contributed by atoms with Gasteiger partial charge in [-0.25, -0.2) is 9.67 Å². The Morgan fingerprint density at radius 1 is 1.18 bits per heavy atom. The van der Waals surface area contributed by atoms with Gasteiger partial charge in [-0.05, 0) is 41.8 Å². The van der Waals surface area contributed by atoms with E-state index >= 15 is 0 Å². The Hall–Kier alpha value is -3.72. The topological polar surface area (TPSA) is 85.3 Å². The van der Waals surface area contributed by atoms with Crippen LogP contribution < -0.4 is 9.47 Å². The highest BCUT2D eigenvalue weighted by molar-refractivity contribution is 6.32. The van der Waals surface area contributed by atoms with Gasteiger partial charge in [0.05, 0.1) is 22.3 Å². The normalized spacial score (nSPS) is 22.7. The van der Waals surface area contributed by atoms with E-state index in [1.54, 1.807) is 6.07 Å². The number of alkyl halides is 5. The molecule has 0 bridgehead atoms. The molecule has 0 saturated heterocycles. The molecule has 174 valence electrons. The maximum atomic E-state index is 14.4. The smallest absolute Gasteiger partial charge is 0.395 e. The Morgan fingerprint density at radius 2 is 1.97 bits per heavy atom. The Morgan fingerprint density at radius 3 is 2.65 bits per heavy atom. The van der Waals surface area contributed by atoms with Crippen molar-refractivity contribution in [1.82, 2.24) is 14.8 Å². The van der Waals surface area contributed by atoms with Crippen molar-refractivity contribution in [2.45, 2.75) is 30.3 Å². The van der Waals surface area contributed by atoms with Crippen LogP contribution in [0.25, 0.3) is 5.69 Å². The van der Waals surface area contributed by atoms with Crippen molar-refractivity contribution in [3.8, 4) is 23.3 Å². The molecule has 0 aliphatic carbocycles. The highest BCUT2D eigenvalue weighted by atomic mass is 35.5. The monoisotopic (exact) mass is 495 g/mol. The first-order chi connectivity index (χ1) is 16.0. The van der Waals surface area contributed by atoms with Gasteiger partial charge in [-0.2, -0.15) is 23.5 Å². The summed E-state index contributed by atoms with van der Waals surface area (Å²) in [5.41, 5.74) is -2.13. The van der Waals surface area contributed by atoms with Gasteiger partial charge < -0.3 is 9.47 Å². The van der Waals surface area contributed by atoms with Crippen molar-refractivity contribution in [3.05, 3.63) is 64.7 Å². The summed E-state index contributed by atoms with van der Waals surface area (Å²) in [6.07, 6.45) is -6.06. The van der Waals surface area contributed by atoms with Crippen molar-refractivity contribution in [1.29, 1.82) is 5.26 Å². The average molecular weight is 496 g/mol. The second-order valence-electron chi connectivity index (χ2n) is 7.65. The molecule has 2 aliphatic rings. The first-order valence-corrected chi connectivity index (χ1v) is 10.0. The fourth-order valence-electron chi connectivity index (χ4n) is 4.03. The molecule has 5 rings (SSSR count). The maximum absolute atomic E-state index is 14.4. The van der Waals surface area contributed by atoms with Crippen molar-refractivity contribution in [2.24, 2.45) is 4.99 Å². The Balaban J connectivity index is 1.53. The molecule has 2 unspecified atom stereocenters. The second kappa shape index (κ2) is 7.39. The van der Waals surface area contributed by atoms with Crippen LogP contribution in [0.5, 0.6) is 11.5 Å². The van der Waals surface area contributed by atoms with Crippen LogP contribution in [0.4, 0.5) is 22.0 Å². The number of hydrogen-bond acceptors (Lipinski definition) is 6. The highest BCUT2D eigenvalue weighted by Crippen LogP contribution is 2.54. The van der Waals surface area contributed by atoms with E-state index in [0.717, 1.165) is 18.3 Å². The van der Waals surface area contributed by atoms with Gasteiger partial charge in [-0.1, -0.05) is 17.7 Å². The molecule has 13 heteroatoms. The zero-order chi connectivity index (χ0) is 24.3. The quantitative estimate of drug-likeness (QED) is 0.470. The number of benzene rings is 2. The van der Waals surface area contributed by atoms with Gasteiger partial charge in [-0.3, -0.25) is 4.99 Å². The van der Waals surface area contributed by atoms with Crippen LogP contribution in [0.3, 0.4) is 0 Å². The van der Waals surface area contributed by atoms with Crippen LogP contribution in [0.15, 0.2) is 48.0 Å². The number of hydrogen-bond donors (Lipinski definition) is 0. The van der Waals surface area contributed by atoms with E-state index in [-0.39, 0.29) is 5.56 Å². The van der Waals surface area contributed by atoms with E-state index in [4.69, 9.17) is 11.6 Å². The molecule has 34 heavy (non-hydrogen) atoms. The van der Waals surface area contributed by atoms with E-state index in [1.165, 1.54) is 29.5 Å². The van der Waals surface area contributed by atoms with E-state index in [1.807, 2.05) is 6.07 Å². The molecule has 2 aromatic carbocycles. The third kappa shape index (κ3) is 3.43. The number of halogens is 6. The number of aliphatic imine (C=N–C) groups is 1. The highest BCUT2D eigenvalue weighted by Gasteiger charge is 2.59. The fourth-order valence-corrected chi connectivity index (χ4v) is 4.28. The third-order valence-corrected chi connectivity index (χ3v) is 5.94. The van der Waals surface area contributed by atoms with E-state index < -0.39 is 52.4 Å². The van der Waals surface area contributed by atoms with Crippen molar-refractivity contribution in [3.63, 3.8) is 0 Å². The second-order valence-corrected chi connectivity index (χ2v) is 8.06. The minimum Gasteiger partial charge on any atom is -0.395 e. The standard InChI is InChI=1S/C21H11ClF5N5O2/c22-14-4-13(5-17-18(14)34-21(26,27)33-17)19(20(23,24)25)6-15(30-8-19)11-1-2-16(12(3-11)7-28)32-10-29-9-31-32/h1-5,8-10,15H,6H2. The SMILES string of the molecule is N#Cc1cc(C2CC(c3cc(Cl)c4c(c3)OC(F)(F)O4)(C(F)(F)F)C=N2)ccc1-n1cncn1. The van der Waals surface area contributed by atoms with Crippen molar-refractivity contribution in [2.75, 3.05) is 0 Å². The van der Waals surface area contributed by atoms with E-state index in [0.29, 0.717) is 11.3 Å². The van der Waals surface area contributed by atoms with Gasteiger partial charge >= 0.3 is 12.5 Å². The predicted octanol–water partition coefficient (Wildman–Crippen LogP) is 5.13.